The van der Waals surface area contributed by atoms with Crippen molar-refractivity contribution in [2.24, 2.45) is 5.92 Å². The zero-order chi connectivity index (χ0) is 9.30. The second kappa shape index (κ2) is 3.41. The van der Waals surface area contributed by atoms with Gasteiger partial charge in [0.2, 0.25) is 0 Å². The van der Waals surface area contributed by atoms with Crippen molar-refractivity contribution in [3.8, 4) is 0 Å². The number of carbonyl (C=O) groups is 1. The van der Waals surface area contributed by atoms with Crippen LogP contribution in [0.2, 0.25) is 0 Å². The molecule has 4 nitrogen and oxygen atoms in total. The maximum atomic E-state index is 10.6. The lowest BCUT2D eigenvalue weighted by molar-refractivity contribution is -0.150. The minimum Gasteiger partial charge on any atom is -0.459 e. The Kier molecular flexibility index (Phi) is 2.69. The number of esters is 1. The number of rotatable bonds is 1. The predicted molar refractivity (Wildman–Crippen MR) is 41.3 cm³/mol. The molecule has 1 heterocycles. The molecule has 70 valence electrons. The summed E-state index contributed by atoms with van der Waals surface area (Å²) in [5.41, 5.74) is 0. The van der Waals surface area contributed by atoms with Crippen molar-refractivity contribution >= 4 is 5.97 Å². The molecule has 1 aliphatic heterocycles. The van der Waals surface area contributed by atoms with Crippen LogP contribution < -0.4 is 0 Å². The van der Waals surface area contributed by atoms with E-state index in [2.05, 4.69) is 0 Å². The highest BCUT2D eigenvalue weighted by Gasteiger charge is 2.40. The highest BCUT2D eigenvalue weighted by atomic mass is 16.6. The van der Waals surface area contributed by atoms with Crippen molar-refractivity contribution < 1.29 is 19.4 Å². The Morgan fingerprint density at radius 1 is 1.50 bits per heavy atom. The van der Waals surface area contributed by atoms with Gasteiger partial charge < -0.3 is 14.6 Å². The van der Waals surface area contributed by atoms with Gasteiger partial charge in [-0.15, -0.1) is 0 Å². The van der Waals surface area contributed by atoms with Crippen LogP contribution in [0.5, 0.6) is 0 Å². The highest BCUT2D eigenvalue weighted by Crippen LogP contribution is 2.27. The lowest BCUT2D eigenvalue weighted by Crippen LogP contribution is -2.29. The smallest absolute Gasteiger partial charge is 0.303 e. The summed E-state index contributed by atoms with van der Waals surface area (Å²) in [7, 11) is 0. The minimum atomic E-state index is -0.815. The lowest BCUT2D eigenvalue weighted by atomic mass is 10.0. The second-order valence-electron chi connectivity index (χ2n) is 3.16. The highest BCUT2D eigenvalue weighted by molar-refractivity contribution is 5.66. The van der Waals surface area contributed by atoms with E-state index in [0.29, 0.717) is 0 Å². The standard InChI is InChI=1S/C8H14O4/c1-4-7(12-6(3)9)5(2)11-8(4)10/h4-5,7-8,10H,1-3H3. The van der Waals surface area contributed by atoms with E-state index in [1.165, 1.54) is 6.92 Å². The minimum absolute atomic E-state index is 0.149. The molecular weight excluding hydrogens is 160 g/mol. The van der Waals surface area contributed by atoms with E-state index < -0.39 is 6.29 Å². The first-order valence-corrected chi connectivity index (χ1v) is 4.03. The Balaban J connectivity index is 2.57. The molecule has 0 aromatic carbocycles. The summed E-state index contributed by atoms with van der Waals surface area (Å²) in [6.45, 7) is 4.92. The fourth-order valence-electron chi connectivity index (χ4n) is 1.41. The molecule has 1 rings (SSSR count). The third-order valence-corrected chi connectivity index (χ3v) is 2.09. The van der Waals surface area contributed by atoms with Crippen LogP contribution in [0, 0.1) is 5.92 Å². The molecule has 4 heteroatoms. The van der Waals surface area contributed by atoms with E-state index in [0.717, 1.165) is 0 Å². The molecule has 0 bridgehead atoms. The van der Waals surface area contributed by atoms with Crippen LogP contribution in [-0.2, 0) is 14.3 Å². The number of ether oxygens (including phenoxy) is 2. The van der Waals surface area contributed by atoms with Crippen molar-refractivity contribution in [3.63, 3.8) is 0 Å². The van der Waals surface area contributed by atoms with Crippen molar-refractivity contribution in [2.45, 2.75) is 39.3 Å². The van der Waals surface area contributed by atoms with Crippen molar-refractivity contribution in [1.29, 1.82) is 0 Å². The van der Waals surface area contributed by atoms with Gasteiger partial charge in [0.15, 0.2) is 6.29 Å². The Hall–Kier alpha value is -0.610. The number of aliphatic hydroxyl groups excluding tert-OH is 1. The van der Waals surface area contributed by atoms with E-state index >= 15 is 0 Å². The molecule has 0 aromatic heterocycles. The SMILES string of the molecule is CC(=O)OC1C(C)OC(O)C1C. The molecule has 1 N–H and O–H groups in total. The van der Waals surface area contributed by atoms with Gasteiger partial charge in [0.25, 0.3) is 0 Å². The Bertz CT molecular complexity index is 180. The third-order valence-electron chi connectivity index (χ3n) is 2.09. The number of hydrogen-bond acceptors (Lipinski definition) is 4. The zero-order valence-electron chi connectivity index (χ0n) is 7.48. The summed E-state index contributed by atoms with van der Waals surface area (Å²) in [6, 6.07) is 0. The van der Waals surface area contributed by atoms with E-state index in [9.17, 15) is 9.90 Å². The average Bonchev–Trinajstić information content (AvgIpc) is 2.16. The van der Waals surface area contributed by atoms with Crippen molar-refractivity contribution in [1.82, 2.24) is 0 Å². The molecular formula is C8H14O4. The van der Waals surface area contributed by atoms with Crippen LogP contribution in [0.3, 0.4) is 0 Å². The summed E-state index contributed by atoms with van der Waals surface area (Å²) < 4.78 is 10.0. The zero-order valence-corrected chi connectivity index (χ0v) is 7.48. The van der Waals surface area contributed by atoms with Crippen LogP contribution in [-0.4, -0.2) is 29.6 Å². The van der Waals surface area contributed by atoms with Crippen LogP contribution >= 0.6 is 0 Å². The van der Waals surface area contributed by atoms with Gasteiger partial charge in [0, 0.05) is 12.8 Å². The molecule has 4 atom stereocenters. The second-order valence-corrected chi connectivity index (χ2v) is 3.16. The predicted octanol–water partition coefficient (Wildman–Crippen LogP) is 0.291. The van der Waals surface area contributed by atoms with Crippen LogP contribution in [0.25, 0.3) is 0 Å². The quantitative estimate of drug-likeness (QED) is 0.580. The van der Waals surface area contributed by atoms with Gasteiger partial charge in [-0.2, -0.15) is 0 Å². The van der Waals surface area contributed by atoms with E-state index in [-0.39, 0.29) is 24.1 Å². The van der Waals surface area contributed by atoms with Gasteiger partial charge in [-0.25, -0.2) is 0 Å². The number of aliphatic hydroxyl groups is 1. The summed E-state index contributed by atoms with van der Waals surface area (Å²) in [5, 5.41) is 9.24. The van der Waals surface area contributed by atoms with Crippen molar-refractivity contribution in [2.75, 3.05) is 0 Å². The first-order valence-electron chi connectivity index (χ1n) is 4.03. The third kappa shape index (κ3) is 1.76. The fourth-order valence-corrected chi connectivity index (χ4v) is 1.41. The molecule has 0 spiro atoms. The van der Waals surface area contributed by atoms with Crippen LogP contribution in [0.15, 0.2) is 0 Å². The Labute approximate surface area is 71.5 Å². The topological polar surface area (TPSA) is 55.8 Å². The summed E-state index contributed by atoms with van der Waals surface area (Å²) in [4.78, 5) is 10.6. The first-order chi connectivity index (χ1) is 5.52. The molecule has 4 unspecified atom stereocenters. The van der Waals surface area contributed by atoms with Gasteiger partial charge in [-0.05, 0) is 6.92 Å². The molecule has 0 saturated carbocycles. The first kappa shape index (κ1) is 9.48. The van der Waals surface area contributed by atoms with Crippen LogP contribution in [0.4, 0.5) is 0 Å². The molecule has 1 fully saturated rings. The largest absolute Gasteiger partial charge is 0.459 e. The van der Waals surface area contributed by atoms with Crippen molar-refractivity contribution in [3.05, 3.63) is 0 Å². The molecule has 0 amide bonds. The summed E-state index contributed by atoms with van der Waals surface area (Å²) in [5.74, 6) is -0.486. The average molecular weight is 174 g/mol. The van der Waals surface area contributed by atoms with Crippen LogP contribution in [0.1, 0.15) is 20.8 Å². The van der Waals surface area contributed by atoms with Gasteiger partial charge in [0.1, 0.15) is 6.10 Å². The molecule has 12 heavy (non-hydrogen) atoms. The van der Waals surface area contributed by atoms with E-state index in [1.807, 2.05) is 0 Å². The maximum Gasteiger partial charge on any atom is 0.303 e. The lowest BCUT2D eigenvalue weighted by Gasteiger charge is -2.17. The number of carbonyl (C=O) groups excluding carboxylic acids is 1. The molecule has 0 aromatic rings. The van der Waals surface area contributed by atoms with Gasteiger partial charge in [0.05, 0.1) is 6.10 Å². The van der Waals surface area contributed by atoms with Gasteiger partial charge in [-0.3, -0.25) is 4.79 Å². The fraction of sp³-hybridized carbons (Fsp3) is 0.875. The van der Waals surface area contributed by atoms with Gasteiger partial charge >= 0.3 is 5.97 Å². The normalized spacial score (nSPS) is 41.3. The number of hydrogen-bond donors (Lipinski definition) is 1. The Morgan fingerprint density at radius 2 is 2.08 bits per heavy atom. The monoisotopic (exact) mass is 174 g/mol. The van der Waals surface area contributed by atoms with Gasteiger partial charge in [-0.1, -0.05) is 6.92 Å². The Morgan fingerprint density at radius 3 is 2.42 bits per heavy atom. The molecule has 0 aliphatic carbocycles. The van der Waals surface area contributed by atoms with E-state index in [4.69, 9.17) is 9.47 Å². The molecule has 1 saturated heterocycles. The molecule has 0 radical (unpaired) electrons. The maximum absolute atomic E-state index is 10.6. The molecule has 1 aliphatic rings. The summed E-state index contributed by atoms with van der Waals surface area (Å²) >= 11 is 0. The van der Waals surface area contributed by atoms with E-state index in [1.54, 1.807) is 13.8 Å². The summed E-state index contributed by atoms with van der Waals surface area (Å²) in [6.07, 6.45) is -1.36.